The quantitative estimate of drug-likeness (QED) is 0.856. The van der Waals surface area contributed by atoms with Crippen LogP contribution in [0.4, 0.5) is 5.69 Å². The number of hydrogen-bond acceptors (Lipinski definition) is 4. The van der Waals surface area contributed by atoms with Gasteiger partial charge in [-0.15, -0.1) is 0 Å². The highest BCUT2D eigenvalue weighted by Gasteiger charge is 2.11. The van der Waals surface area contributed by atoms with Crippen LogP contribution in [0.2, 0.25) is 0 Å². The van der Waals surface area contributed by atoms with Crippen molar-refractivity contribution >= 4 is 15.7 Å². The standard InChI is InChI=1S/C15H18N2O3S/c1-20-15-8-6-14(7-9-15)17-21(18,19)11-13-4-2-12(10-16)3-5-13/h2-9,17H,10-11,16H2,1H3. The van der Waals surface area contributed by atoms with Crippen molar-refractivity contribution < 1.29 is 13.2 Å². The summed E-state index contributed by atoms with van der Waals surface area (Å²) in [5.41, 5.74) is 7.71. The molecule has 3 N–H and O–H groups in total. The highest BCUT2D eigenvalue weighted by atomic mass is 32.2. The molecule has 2 aromatic carbocycles. The zero-order valence-corrected chi connectivity index (χ0v) is 12.6. The average molecular weight is 306 g/mol. The maximum Gasteiger partial charge on any atom is 0.236 e. The van der Waals surface area contributed by atoms with Crippen LogP contribution in [0, 0.1) is 0 Å². The Morgan fingerprint density at radius 2 is 1.57 bits per heavy atom. The SMILES string of the molecule is COc1ccc(NS(=O)(=O)Cc2ccc(CN)cc2)cc1. The molecule has 21 heavy (non-hydrogen) atoms. The first kappa shape index (κ1) is 15.3. The summed E-state index contributed by atoms with van der Waals surface area (Å²) >= 11 is 0. The fraction of sp³-hybridized carbons (Fsp3) is 0.200. The highest BCUT2D eigenvalue weighted by Crippen LogP contribution is 2.17. The van der Waals surface area contributed by atoms with E-state index in [-0.39, 0.29) is 5.75 Å². The van der Waals surface area contributed by atoms with Crippen LogP contribution >= 0.6 is 0 Å². The molecule has 0 aliphatic carbocycles. The molecule has 0 fully saturated rings. The molecule has 0 atom stereocenters. The van der Waals surface area contributed by atoms with Crippen LogP contribution in [-0.2, 0) is 22.3 Å². The summed E-state index contributed by atoms with van der Waals surface area (Å²) < 4.78 is 31.8. The largest absolute Gasteiger partial charge is 0.497 e. The van der Waals surface area contributed by atoms with Crippen molar-refractivity contribution in [3.63, 3.8) is 0 Å². The monoisotopic (exact) mass is 306 g/mol. The van der Waals surface area contributed by atoms with Gasteiger partial charge in [0.15, 0.2) is 0 Å². The number of ether oxygens (including phenoxy) is 1. The van der Waals surface area contributed by atoms with Gasteiger partial charge in [-0.25, -0.2) is 8.42 Å². The molecule has 6 heteroatoms. The Labute approximate surface area is 124 Å². The van der Waals surface area contributed by atoms with E-state index in [0.29, 0.717) is 23.5 Å². The topological polar surface area (TPSA) is 81.4 Å². The van der Waals surface area contributed by atoms with Gasteiger partial charge in [0.25, 0.3) is 0 Å². The smallest absolute Gasteiger partial charge is 0.236 e. The highest BCUT2D eigenvalue weighted by molar-refractivity contribution is 7.91. The summed E-state index contributed by atoms with van der Waals surface area (Å²) in [6.45, 7) is 0.442. The number of nitrogens with one attached hydrogen (secondary N) is 1. The van der Waals surface area contributed by atoms with E-state index in [2.05, 4.69) is 4.72 Å². The Kier molecular flexibility index (Phi) is 4.82. The summed E-state index contributed by atoms with van der Waals surface area (Å²) in [5, 5.41) is 0. The Morgan fingerprint density at radius 1 is 1.00 bits per heavy atom. The van der Waals surface area contributed by atoms with Crippen molar-refractivity contribution in [2.75, 3.05) is 11.8 Å². The molecule has 112 valence electrons. The van der Waals surface area contributed by atoms with Gasteiger partial charge >= 0.3 is 0 Å². The lowest BCUT2D eigenvalue weighted by molar-refractivity contribution is 0.415. The molecular weight excluding hydrogens is 288 g/mol. The van der Waals surface area contributed by atoms with Crippen LogP contribution in [0.5, 0.6) is 5.75 Å². The molecular formula is C15H18N2O3S. The average Bonchev–Trinajstić information content (AvgIpc) is 2.48. The predicted molar refractivity (Wildman–Crippen MR) is 83.6 cm³/mol. The zero-order chi connectivity index (χ0) is 15.3. The molecule has 5 nitrogen and oxygen atoms in total. The van der Waals surface area contributed by atoms with Crippen LogP contribution in [0.15, 0.2) is 48.5 Å². The van der Waals surface area contributed by atoms with Crippen molar-refractivity contribution in [1.82, 2.24) is 0 Å². The van der Waals surface area contributed by atoms with Crippen LogP contribution in [-0.4, -0.2) is 15.5 Å². The Hall–Kier alpha value is -2.05. The van der Waals surface area contributed by atoms with E-state index in [1.165, 1.54) is 0 Å². The van der Waals surface area contributed by atoms with E-state index >= 15 is 0 Å². The molecule has 0 spiro atoms. The molecule has 0 aromatic heterocycles. The van der Waals surface area contributed by atoms with Crippen molar-refractivity contribution in [1.29, 1.82) is 0 Å². The van der Waals surface area contributed by atoms with Crippen molar-refractivity contribution in [3.05, 3.63) is 59.7 Å². The summed E-state index contributed by atoms with van der Waals surface area (Å²) in [5.74, 6) is 0.597. The minimum absolute atomic E-state index is 0.0795. The molecule has 0 radical (unpaired) electrons. The van der Waals surface area contributed by atoms with Gasteiger partial charge in [-0.2, -0.15) is 0 Å². The van der Waals surface area contributed by atoms with E-state index < -0.39 is 10.0 Å². The van der Waals surface area contributed by atoms with Crippen molar-refractivity contribution in [2.24, 2.45) is 5.73 Å². The number of sulfonamides is 1. The number of hydrogen-bond donors (Lipinski definition) is 2. The number of benzene rings is 2. The number of methoxy groups -OCH3 is 1. The molecule has 2 aromatic rings. The van der Waals surface area contributed by atoms with E-state index in [1.807, 2.05) is 12.1 Å². The Balaban J connectivity index is 2.06. The molecule has 0 amide bonds. The number of nitrogens with two attached hydrogens (primary N) is 1. The normalized spacial score (nSPS) is 11.1. The third-order valence-electron chi connectivity index (χ3n) is 2.98. The van der Waals surface area contributed by atoms with Gasteiger partial charge < -0.3 is 10.5 Å². The van der Waals surface area contributed by atoms with E-state index in [9.17, 15) is 8.42 Å². The fourth-order valence-corrected chi connectivity index (χ4v) is 3.06. The molecule has 0 unspecified atom stereocenters. The summed E-state index contributed by atoms with van der Waals surface area (Å²) in [6, 6.07) is 13.9. The minimum atomic E-state index is -3.45. The van der Waals surface area contributed by atoms with Gasteiger partial charge in [0, 0.05) is 12.2 Å². The third kappa shape index (κ3) is 4.47. The molecule has 0 bridgehead atoms. The van der Waals surface area contributed by atoms with Gasteiger partial charge in [-0.05, 0) is 35.4 Å². The minimum Gasteiger partial charge on any atom is -0.497 e. The molecule has 0 aliphatic rings. The lowest BCUT2D eigenvalue weighted by Gasteiger charge is -2.09. The third-order valence-corrected chi connectivity index (χ3v) is 4.24. The summed E-state index contributed by atoms with van der Waals surface area (Å²) in [7, 11) is -1.89. The Bertz CT molecular complexity index is 624. The van der Waals surface area contributed by atoms with Gasteiger partial charge in [0.2, 0.25) is 10.0 Å². The van der Waals surface area contributed by atoms with Crippen molar-refractivity contribution in [2.45, 2.75) is 12.3 Å². The molecule has 0 heterocycles. The molecule has 0 saturated heterocycles. The van der Waals surface area contributed by atoms with E-state index in [4.69, 9.17) is 10.5 Å². The predicted octanol–water partition coefficient (Wildman–Crippen LogP) is 2.10. The maximum absolute atomic E-state index is 12.1. The summed E-state index contributed by atoms with van der Waals surface area (Å²) in [4.78, 5) is 0. The van der Waals surface area contributed by atoms with Crippen LogP contribution in [0.25, 0.3) is 0 Å². The van der Waals surface area contributed by atoms with Crippen LogP contribution in [0.3, 0.4) is 0 Å². The van der Waals surface area contributed by atoms with Gasteiger partial charge in [-0.1, -0.05) is 24.3 Å². The number of rotatable bonds is 6. The second-order valence-corrected chi connectivity index (χ2v) is 6.33. The Morgan fingerprint density at radius 3 is 2.10 bits per heavy atom. The van der Waals surface area contributed by atoms with Crippen LogP contribution in [0.1, 0.15) is 11.1 Å². The maximum atomic E-state index is 12.1. The molecule has 0 aliphatic heterocycles. The fourth-order valence-electron chi connectivity index (χ4n) is 1.87. The lowest BCUT2D eigenvalue weighted by Crippen LogP contribution is -2.15. The molecule has 0 saturated carbocycles. The second-order valence-electron chi connectivity index (χ2n) is 4.61. The summed E-state index contributed by atoms with van der Waals surface area (Å²) in [6.07, 6.45) is 0. The first-order valence-electron chi connectivity index (χ1n) is 6.45. The van der Waals surface area contributed by atoms with E-state index in [0.717, 1.165) is 5.56 Å². The number of anilines is 1. The first-order chi connectivity index (χ1) is 10.0. The van der Waals surface area contributed by atoms with E-state index in [1.54, 1.807) is 43.5 Å². The van der Waals surface area contributed by atoms with Gasteiger partial charge in [-0.3, -0.25) is 4.72 Å². The van der Waals surface area contributed by atoms with Crippen molar-refractivity contribution in [3.8, 4) is 5.75 Å². The van der Waals surface area contributed by atoms with Gasteiger partial charge in [0.05, 0.1) is 12.9 Å². The first-order valence-corrected chi connectivity index (χ1v) is 8.10. The zero-order valence-electron chi connectivity index (χ0n) is 11.7. The second kappa shape index (κ2) is 6.60. The molecule has 2 rings (SSSR count). The van der Waals surface area contributed by atoms with Crippen LogP contribution < -0.4 is 15.2 Å². The lowest BCUT2D eigenvalue weighted by atomic mass is 10.1. The van der Waals surface area contributed by atoms with Gasteiger partial charge in [0.1, 0.15) is 5.75 Å².